The van der Waals surface area contributed by atoms with Gasteiger partial charge in [0, 0.05) is 18.3 Å². The molecule has 2 N–H and O–H groups in total. The van der Waals surface area contributed by atoms with Crippen molar-refractivity contribution in [1.29, 1.82) is 0 Å². The molecular formula is C16H13ClFN5O3. The predicted octanol–water partition coefficient (Wildman–Crippen LogP) is 2.41. The average Bonchev–Trinajstić information content (AvgIpc) is 3.16. The molecule has 0 spiro atoms. The SMILES string of the molecule is Cn1ncc(C(=O)Nc2cnn(Cc3ccc(F)cc3Cl)c2)c1C(=O)O. The van der Waals surface area contributed by atoms with Crippen LogP contribution in [0.3, 0.4) is 0 Å². The number of nitrogens with one attached hydrogen (secondary N) is 1. The second-order valence-corrected chi connectivity index (χ2v) is 5.86. The molecule has 0 fully saturated rings. The average molecular weight is 378 g/mol. The van der Waals surface area contributed by atoms with E-state index in [4.69, 9.17) is 16.7 Å². The second kappa shape index (κ2) is 6.96. The van der Waals surface area contributed by atoms with Crippen LogP contribution >= 0.6 is 11.6 Å². The Morgan fingerprint density at radius 3 is 2.77 bits per heavy atom. The third-order valence-electron chi connectivity index (χ3n) is 3.62. The summed E-state index contributed by atoms with van der Waals surface area (Å²) < 4.78 is 15.7. The van der Waals surface area contributed by atoms with Crippen molar-refractivity contribution in [3.63, 3.8) is 0 Å². The maximum absolute atomic E-state index is 13.1. The molecule has 10 heteroatoms. The van der Waals surface area contributed by atoms with Crippen LogP contribution in [0, 0.1) is 5.82 Å². The van der Waals surface area contributed by atoms with Crippen molar-refractivity contribution < 1.29 is 19.1 Å². The van der Waals surface area contributed by atoms with Crippen LogP contribution in [-0.4, -0.2) is 36.5 Å². The van der Waals surface area contributed by atoms with Gasteiger partial charge in [-0.05, 0) is 17.7 Å². The van der Waals surface area contributed by atoms with E-state index in [9.17, 15) is 14.0 Å². The number of carboxylic acids is 1. The van der Waals surface area contributed by atoms with Crippen LogP contribution in [-0.2, 0) is 13.6 Å². The molecule has 134 valence electrons. The maximum atomic E-state index is 13.1. The second-order valence-electron chi connectivity index (χ2n) is 5.45. The minimum atomic E-state index is -1.25. The third-order valence-corrected chi connectivity index (χ3v) is 3.98. The Morgan fingerprint density at radius 1 is 1.31 bits per heavy atom. The standard InChI is InChI=1S/C16H13ClFN5O3/c1-22-14(16(25)26)12(6-19-22)15(24)21-11-5-20-23(8-11)7-9-2-3-10(18)4-13(9)17/h2-6,8H,7H2,1H3,(H,21,24)(H,25,26). The van der Waals surface area contributed by atoms with E-state index in [1.54, 1.807) is 12.3 Å². The van der Waals surface area contributed by atoms with Crippen LogP contribution in [0.1, 0.15) is 26.4 Å². The zero-order valence-electron chi connectivity index (χ0n) is 13.5. The van der Waals surface area contributed by atoms with Crippen molar-refractivity contribution in [2.75, 3.05) is 5.32 Å². The van der Waals surface area contributed by atoms with Gasteiger partial charge >= 0.3 is 5.97 Å². The number of carbonyl (C=O) groups excluding carboxylic acids is 1. The van der Waals surface area contributed by atoms with Crippen LogP contribution in [0.15, 0.2) is 36.8 Å². The fraction of sp³-hybridized carbons (Fsp3) is 0.125. The van der Waals surface area contributed by atoms with Gasteiger partial charge in [-0.15, -0.1) is 0 Å². The van der Waals surface area contributed by atoms with Crippen LogP contribution in [0.25, 0.3) is 0 Å². The molecule has 2 aromatic heterocycles. The van der Waals surface area contributed by atoms with Gasteiger partial charge in [0.05, 0.1) is 30.2 Å². The molecule has 0 radical (unpaired) electrons. The van der Waals surface area contributed by atoms with E-state index in [0.717, 1.165) is 4.68 Å². The number of carboxylic acid groups (broad SMARTS) is 1. The number of aromatic carboxylic acids is 1. The highest BCUT2D eigenvalue weighted by Gasteiger charge is 2.21. The number of aromatic nitrogens is 4. The Balaban J connectivity index is 1.74. The lowest BCUT2D eigenvalue weighted by Crippen LogP contribution is -2.16. The molecule has 3 aromatic rings. The minimum absolute atomic E-state index is 0.0608. The molecule has 0 saturated carbocycles. The fourth-order valence-corrected chi connectivity index (χ4v) is 2.62. The number of nitrogens with zero attached hydrogens (tertiary/aromatic N) is 4. The molecule has 0 aliphatic carbocycles. The van der Waals surface area contributed by atoms with Gasteiger partial charge in [0.2, 0.25) is 0 Å². The summed E-state index contributed by atoms with van der Waals surface area (Å²) in [5.74, 6) is -2.30. The molecular weight excluding hydrogens is 365 g/mol. The Labute approximate surface area is 151 Å². The van der Waals surface area contributed by atoms with Crippen molar-refractivity contribution in [2.24, 2.45) is 7.05 Å². The number of benzene rings is 1. The largest absolute Gasteiger partial charge is 0.477 e. The molecule has 8 nitrogen and oxygen atoms in total. The van der Waals surface area contributed by atoms with Crippen LogP contribution in [0.2, 0.25) is 5.02 Å². The number of aryl methyl sites for hydroxylation is 1. The molecule has 1 aromatic carbocycles. The van der Waals surface area contributed by atoms with Gasteiger partial charge in [-0.2, -0.15) is 10.2 Å². The van der Waals surface area contributed by atoms with E-state index < -0.39 is 17.7 Å². The summed E-state index contributed by atoms with van der Waals surface area (Å²) in [7, 11) is 1.44. The van der Waals surface area contributed by atoms with Crippen LogP contribution in [0.4, 0.5) is 10.1 Å². The van der Waals surface area contributed by atoms with Gasteiger partial charge < -0.3 is 10.4 Å². The Bertz CT molecular complexity index is 998. The van der Waals surface area contributed by atoms with E-state index in [0.29, 0.717) is 11.3 Å². The smallest absolute Gasteiger partial charge is 0.354 e. The summed E-state index contributed by atoms with van der Waals surface area (Å²) in [4.78, 5) is 23.5. The summed E-state index contributed by atoms with van der Waals surface area (Å²) in [6.45, 7) is 0.280. The third kappa shape index (κ3) is 3.57. The van der Waals surface area contributed by atoms with Crippen molar-refractivity contribution in [1.82, 2.24) is 19.6 Å². The molecule has 3 rings (SSSR count). The highest BCUT2D eigenvalue weighted by atomic mass is 35.5. The quantitative estimate of drug-likeness (QED) is 0.710. The summed E-state index contributed by atoms with van der Waals surface area (Å²) in [6.07, 6.45) is 4.14. The number of anilines is 1. The van der Waals surface area contributed by atoms with Gasteiger partial charge in [-0.25, -0.2) is 9.18 Å². The summed E-state index contributed by atoms with van der Waals surface area (Å²) >= 11 is 5.98. The lowest BCUT2D eigenvalue weighted by atomic mass is 10.2. The molecule has 1 amide bonds. The minimum Gasteiger partial charge on any atom is -0.477 e. The summed E-state index contributed by atoms with van der Waals surface area (Å²) in [5, 5.41) is 19.9. The van der Waals surface area contributed by atoms with E-state index in [2.05, 4.69) is 15.5 Å². The van der Waals surface area contributed by atoms with Crippen molar-refractivity contribution in [3.8, 4) is 0 Å². The number of amides is 1. The highest BCUT2D eigenvalue weighted by Crippen LogP contribution is 2.19. The van der Waals surface area contributed by atoms with Crippen molar-refractivity contribution >= 4 is 29.2 Å². The first-order chi connectivity index (χ1) is 12.3. The zero-order valence-corrected chi connectivity index (χ0v) is 14.2. The molecule has 0 aliphatic rings. The molecule has 0 unspecified atom stereocenters. The Morgan fingerprint density at radius 2 is 2.08 bits per heavy atom. The van der Waals surface area contributed by atoms with Crippen LogP contribution < -0.4 is 5.32 Å². The molecule has 0 bridgehead atoms. The maximum Gasteiger partial charge on any atom is 0.354 e. The van der Waals surface area contributed by atoms with E-state index in [1.165, 1.54) is 36.3 Å². The van der Waals surface area contributed by atoms with Gasteiger partial charge in [-0.3, -0.25) is 14.2 Å². The molecule has 2 heterocycles. The normalized spacial score (nSPS) is 10.7. The first-order valence-corrected chi connectivity index (χ1v) is 7.76. The highest BCUT2D eigenvalue weighted by molar-refractivity contribution is 6.31. The van der Waals surface area contributed by atoms with E-state index in [-0.39, 0.29) is 22.8 Å². The first-order valence-electron chi connectivity index (χ1n) is 7.38. The summed E-state index contributed by atoms with van der Waals surface area (Å²) in [5.41, 5.74) is 0.755. The molecule has 26 heavy (non-hydrogen) atoms. The molecule has 0 atom stereocenters. The van der Waals surface area contributed by atoms with Gasteiger partial charge in [0.1, 0.15) is 5.82 Å². The fourth-order valence-electron chi connectivity index (χ4n) is 2.39. The lowest BCUT2D eigenvalue weighted by Gasteiger charge is -2.05. The summed E-state index contributed by atoms with van der Waals surface area (Å²) in [6, 6.07) is 4.05. The van der Waals surface area contributed by atoms with Gasteiger partial charge in [-0.1, -0.05) is 17.7 Å². The number of halogens is 2. The number of carbonyl (C=O) groups is 2. The van der Waals surface area contributed by atoms with Gasteiger partial charge in [0.15, 0.2) is 5.69 Å². The lowest BCUT2D eigenvalue weighted by molar-refractivity contribution is 0.0680. The topological polar surface area (TPSA) is 102 Å². The monoisotopic (exact) mass is 377 g/mol. The Hall–Kier alpha value is -3.20. The number of hydrogen-bond acceptors (Lipinski definition) is 4. The predicted molar refractivity (Wildman–Crippen MR) is 90.9 cm³/mol. The zero-order chi connectivity index (χ0) is 18.8. The number of rotatable bonds is 5. The van der Waals surface area contributed by atoms with Gasteiger partial charge in [0.25, 0.3) is 5.91 Å². The molecule has 0 aliphatic heterocycles. The van der Waals surface area contributed by atoms with E-state index >= 15 is 0 Å². The van der Waals surface area contributed by atoms with Crippen molar-refractivity contribution in [3.05, 3.63) is 64.5 Å². The Kier molecular flexibility index (Phi) is 4.72. The van der Waals surface area contributed by atoms with Crippen molar-refractivity contribution in [2.45, 2.75) is 6.54 Å². The van der Waals surface area contributed by atoms with E-state index in [1.807, 2.05) is 0 Å². The first kappa shape index (κ1) is 17.6. The van der Waals surface area contributed by atoms with Crippen LogP contribution in [0.5, 0.6) is 0 Å². The molecule has 0 saturated heterocycles. The number of hydrogen-bond donors (Lipinski definition) is 2.